The molecule has 5 heteroatoms. The van der Waals surface area contributed by atoms with Gasteiger partial charge >= 0.3 is 0 Å². The third-order valence-electron chi connectivity index (χ3n) is 3.38. The third-order valence-corrected chi connectivity index (χ3v) is 3.38. The van der Waals surface area contributed by atoms with Crippen molar-refractivity contribution >= 4 is 11.6 Å². The van der Waals surface area contributed by atoms with Gasteiger partial charge in [-0.15, -0.1) is 0 Å². The van der Waals surface area contributed by atoms with Crippen molar-refractivity contribution in [2.45, 2.75) is 52.5 Å². The van der Waals surface area contributed by atoms with E-state index in [0.29, 0.717) is 11.9 Å². The van der Waals surface area contributed by atoms with Gasteiger partial charge in [-0.2, -0.15) is 0 Å². The molecule has 1 saturated carbocycles. The summed E-state index contributed by atoms with van der Waals surface area (Å²) in [6, 6.07) is 0.539. The highest BCUT2D eigenvalue weighted by Crippen LogP contribution is 2.34. The van der Waals surface area contributed by atoms with Crippen LogP contribution in [0.5, 0.6) is 0 Å². The maximum Gasteiger partial charge on any atom is 0.148 e. The molecule has 1 aromatic rings. The van der Waals surface area contributed by atoms with E-state index in [1.165, 1.54) is 6.42 Å². The number of nitrogen functional groups attached to an aromatic ring is 1. The van der Waals surface area contributed by atoms with Crippen molar-refractivity contribution in [3.8, 4) is 0 Å². The second kappa shape index (κ2) is 4.39. The molecule has 18 heavy (non-hydrogen) atoms. The van der Waals surface area contributed by atoms with Crippen molar-refractivity contribution in [2.24, 2.45) is 11.8 Å². The average Bonchev–Trinajstić information content (AvgIpc) is 2.95. The van der Waals surface area contributed by atoms with Gasteiger partial charge in [0.15, 0.2) is 0 Å². The summed E-state index contributed by atoms with van der Waals surface area (Å²) in [7, 11) is 0. The molecule has 5 nitrogen and oxygen atoms in total. The molecule has 0 amide bonds. The smallest absolute Gasteiger partial charge is 0.148 e. The minimum absolute atomic E-state index is 0.0924. The van der Waals surface area contributed by atoms with Crippen molar-refractivity contribution in [3.63, 3.8) is 0 Å². The van der Waals surface area contributed by atoms with Crippen LogP contribution in [-0.4, -0.2) is 16.0 Å². The number of anilines is 2. The number of hydrogen-bond donors (Lipinski definition) is 3. The predicted molar refractivity (Wildman–Crippen MR) is 74.5 cm³/mol. The van der Waals surface area contributed by atoms with E-state index in [2.05, 4.69) is 48.4 Å². The quantitative estimate of drug-likeness (QED) is 0.565. The Kier molecular flexibility index (Phi) is 3.19. The van der Waals surface area contributed by atoms with Crippen LogP contribution in [0.3, 0.4) is 0 Å². The van der Waals surface area contributed by atoms with Crippen molar-refractivity contribution in [2.75, 3.05) is 10.7 Å². The van der Waals surface area contributed by atoms with Crippen molar-refractivity contribution < 1.29 is 0 Å². The molecule has 2 rings (SSSR count). The Morgan fingerprint density at radius 1 is 1.22 bits per heavy atom. The fourth-order valence-electron chi connectivity index (χ4n) is 1.83. The highest BCUT2D eigenvalue weighted by atomic mass is 15.3. The molecule has 0 aromatic carbocycles. The summed E-state index contributed by atoms with van der Waals surface area (Å²) >= 11 is 0. The molecule has 0 bridgehead atoms. The molecule has 4 N–H and O–H groups in total. The fraction of sp³-hybridized carbons (Fsp3) is 0.692. The van der Waals surface area contributed by atoms with E-state index in [1.54, 1.807) is 0 Å². The molecule has 100 valence electrons. The summed E-state index contributed by atoms with van der Waals surface area (Å²) in [6.07, 6.45) is 1.21. The number of nitrogens with one attached hydrogen (secondary N) is 2. The van der Waals surface area contributed by atoms with Gasteiger partial charge < -0.3 is 10.7 Å². The lowest BCUT2D eigenvalue weighted by Gasteiger charge is -2.20. The fourth-order valence-corrected chi connectivity index (χ4v) is 1.83. The van der Waals surface area contributed by atoms with Crippen molar-refractivity contribution in [1.82, 2.24) is 9.97 Å². The zero-order valence-electron chi connectivity index (χ0n) is 11.8. The minimum atomic E-state index is -0.0924. The lowest BCUT2D eigenvalue weighted by Crippen LogP contribution is -2.22. The first-order valence-electron chi connectivity index (χ1n) is 6.45. The topological polar surface area (TPSA) is 75.9 Å². The van der Waals surface area contributed by atoms with Gasteiger partial charge in [-0.05, 0) is 19.3 Å². The normalized spacial score (nSPS) is 22.8. The summed E-state index contributed by atoms with van der Waals surface area (Å²) < 4.78 is 0. The lowest BCUT2D eigenvalue weighted by molar-refractivity contribution is 0.546. The SMILES string of the molecule is Cc1c(NN)nc(C(C)(C)C)nc1NC1CC1C. The molecule has 1 aliphatic carbocycles. The monoisotopic (exact) mass is 249 g/mol. The molecule has 0 spiro atoms. The minimum Gasteiger partial charge on any atom is -0.367 e. The molecular weight excluding hydrogens is 226 g/mol. The highest BCUT2D eigenvalue weighted by Gasteiger charge is 2.33. The zero-order valence-corrected chi connectivity index (χ0v) is 11.8. The summed E-state index contributed by atoms with van der Waals surface area (Å²) in [5.41, 5.74) is 3.55. The van der Waals surface area contributed by atoms with Crippen molar-refractivity contribution in [3.05, 3.63) is 11.4 Å². The first-order valence-corrected chi connectivity index (χ1v) is 6.45. The van der Waals surface area contributed by atoms with E-state index in [4.69, 9.17) is 5.84 Å². The van der Waals surface area contributed by atoms with Crippen molar-refractivity contribution in [1.29, 1.82) is 0 Å². The molecular formula is C13H23N5. The average molecular weight is 249 g/mol. The number of hydrogen-bond acceptors (Lipinski definition) is 5. The van der Waals surface area contributed by atoms with Gasteiger partial charge in [0, 0.05) is 17.0 Å². The van der Waals surface area contributed by atoms with Gasteiger partial charge in [0.2, 0.25) is 0 Å². The predicted octanol–water partition coefficient (Wildman–Crippen LogP) is 2.19. The summed E-state index contributed by atoms with van der Waals surface area (Å²) in [5, 5.41) is 3.47. The second-order valence-corrected chi connectivity index (χ2v) is 6.23. The maximum atomic E-state index is 5.54. The number of nitrogens with two attached hydrogens (primary N) is 1. The van der Waals surface area contributed by atoms with E-state index in [0.717, 1.165) is 23.1 Å². The van der Waals surface area contributed by atoms with Crippen LogP contribution >= 0.6 is 0 Å². The van der Waals surface area contributed by atoms with Gasteiger partial charge in [0.25, 0.3) is 0 Å². The number of rotatable bonds is 3. The zero-order chi connectivity index (χ0) is 13.5. The Bertz CT molecular complexity index is 449. The second-order valence-electron chi connectivity index (χ2n) is 6.23. The van der Waals surface area contributed by atoms with E-state index < -0.39 is 0 Å². The lowest BCUT2D eigenvalue weighted by atomic mass is 9.95. The maximum absolute atomic E-state index is 5.54. The van der Waals surface area contributed by atoms with Gasteiger partial charge in [-0.1, -0.05) is 27.7 Å². The molecule has 2 atom stereocenters. The Balaban J connectivity index is 2.37. The van der Waals surface area contributed by atoms with E-state index in [1.807, 2.05) is 6.92 Å². The van der Waals surface area contributed by atoms with Gasteiger partial charge in [-0.25, -0.2) is 15.8 Å². The van der Waals surface area contributed by atoms with E-state index >= 15 is 0 Å². The molecule has 0 aliphatic heterocycles. The van der Waals surface area contributed by atoms with E-state index in [-0.39, 0.29) is 5.41 Å². The Labute approximate surface area is 109 Å². The van der Waals surface area contributed by atoms with Gasteiger partial charge in [0.1, 0.15) is 17.5 Å². The standard InChI is InChI=1S/C13H23N5/c1-7-6-9(7)15-10-8(2)11(18-14)17-12(16-10)13(3,4)5/h7,9H,6,14H2,1-5H3,(H2,15,16,17,18). The molecule has 0 saturated heterocycles. The Hall–Kier alpha value is -1.36. The van der Waals surface area contributed by atoms with Crippen LogP contribution in [0.2, 0.25) is 0 Å². The van der Waals surface area contributed by atoms with Crippen LogP contribution in [0.1, 0.15) is 45.5 Å². The molecule has 2 unspecified atom stereocenters. The molecule has 0 radical (unpaired) electrons. The highest BCUT2D eigenvalue weighted by molar-refractivity contribution is 5.58. The van der Waals surface area contributed by atoms with Gasteiger partial charge in [0.05, 0.1) is 0 Å². The Morgan fingerprint density at radius 3 is 2.22 bits per heavy atom. The van der Waals surface area contributed by atoms with Crippen LogP contribution in [0, 0.1) is 12.8 Å². The summed E-state index contributed by atoms with van der Waals surface area (Å²) in [5.74, 6) is 8.67. The Morgan fingerprint density at radius 2 is 1.78 bits per heavy atom. The van der Waals surface area contributed by atoms with Crippen LogP contribution < -0.4 is 16.6 Å². The molecule has 1 aromatic heterocycles. The summed E-state index contributed by atoms with van der Waals surface area (Å²) in [6.45, 7) is 10.5. The largest absolute Gasteiger partial charge is 0.367 e. The molecule has 1 fully saturated rings. The molecule has 1 aliphatic rings. The number of aromatic nitrogens is 2. The van der Waals surface area contributed by atoms with Crippen LogP contribution in [0.25, 0.3) is 0 Å². The van der Waals surface area contributed by atoms with Gasteiger partial charge in [-0.3, -0.25) is 0 Å². The number of hydrazine groups is 1. The summed E-state index contributed by atoms with van der Waals surface area (Å²) in [4.78, 5) is 9.13. The first-order chi connectivity index (χ1) is 8.32. The van der Waals surface area contributed by atoms with E-state index in [9.17, 15) is 0 Å². The van der Waals surface area contributed by atoms with Crippen LogP contribution in [0.15, 0.2) is 0 Å². The first kappa shape index (κ1) is 13.1. The van der Waals surface area contributed by atoms with Crippen LogP contribution in [0.4, 0.5) is 11.6 Å². The number of nitrogens with zero attached hydrogens (tertiary/aromatic N) is 2. The third kappa shape index (κ3) is 2.56. The molecule has 1 heterocycles. The van der Waals surface area contributed by atoms with Crippen LogP contribution in [-0.2, 0) is 5.41 Å².